The van der Waals surface area contributed by atoms with Gasteiger partial charge in [-0.15, -0.1) is 0 Å². The number of benzene rings is 2. The van der Waals surface area contributed by atoms with Gasteiger partial charge in [0.2, 0.25) is 0 Å². The smallest absolute Gasteiger partial charge is 0.0808 e. The Morgan fingerprint density at radius 1 is 0.862 bits per heavy atom. The van der Waals surface area contributed by atoms with E-state index in [0.29, 0.717) is 0 Å². The van der Waals surface area contributed by atoms with Crippen LogP contribution in [0.15, 0.2) is 30.3 Å². The number of fused-ring (bicyclic) bond motifs is 3. The van der Waals surface area contributed by atoms with Crippen LogP contribution in [0, 0.1) is 0 Å². The van der Waals surface area contributed by atoms with Gasteiger partial charge in [0.05, 0.1) is 6.10 Å². The van der Waals surface area contributed by atoms with Gasteiger partial charge in [-0.05, 0) is 85.5 Å². The van der Waals surface area contributed by atoms with Gasteiger partial charge in [0.1, 0.15) is 0 Å². The Morgan fingerprint density at radius 3 is 2.21 bits per heavy atom. The molecule has 0 aliphatic heterocycles. The monoisotopic (exact) mass is 395 g/mol. The van der Waals surface area contributed by atoms with Crippen molar-refractivity contribution in [2.24, 2.45) is 0 Å². The minimum absolute atomic E-state index is 0.369. The third-order valence-electron chi connectivity index (χ3n) is 6.64. The lowest BCUT2D eigenvalue weighted by Crippen LogP contribution is -2.28. The molecule has 1 unspecified atom stereocenters. The highest BCUT2D eigenvalue weighted by Crippen LogP contribution is 2.35. The van der Waals surface area contributed by atoms with Gasteiger partial charge in [-0.25, -0.2) is 0 Å². The van der Waals surface area contributed by atoms with Crippen LogP contribution in [0.2, 0.25) is 0 Å². The molecule has 1 aliphatic carbocycles. The molecule has 1 aliphatic rings. The first-order valence-electron chi connectivity index (χ1n) is 12.2. The first-order valence-corrected chi connectivity index (χ1v) is 12.2. The molecule has 2 aromatic carbocycles. The predicted molar refractivity (Wildman–Crippen MR) is 126 cm³/mol. The molecule has 2 nitrogen and oxygen atoms in total. The van der Waals surface area contributed by atoms with Gasteiger partial charge in [0, 0.05) is 6.54 Å². The van der Waals surface area contributed by atoms with Crippen molar-refractivity contribution in [3.8, 4) is 0 Å². The molecule has 1 N–H and O–H groups in total. The van der Waals surface area contributed by atoms with E-state index in [4.69, 9.17) is 0 Å². The predicted octanol–water partition coefficient (Wildman–Crippen LogP) is 6.82. The molecule has 0 heterocycles. The van der Waals surface area contributed by atoms with Gasteiger partial charge in [0.15, 0.2) is 0 Å². The standard InChI is InChI=1S/C27H41NO/c1-3-5-11-18-28(19-12-6-4-2)20-17-27(29)26-21-22-13-7-8-14-23(22)24-15-9-10-16-25(24)26/h9-10,15-16,21,27,29H,3-8,11-14,17-20H2,1-2H3. The molecule has 0 saturated heterocycles. The van der Waals surface area contributed by atoms with Crippen LogP contribution in [-0.2, 0) is 12.8 Å². The fourth-order valence-corrected chi connectivity index (χ4v) is 4.90. The van der Waals surface area contributed by atoms with Crippen LogP contribution in [0.1, 0.15) is 94.4 Å². The summed E-state index contributed by atoms with van der Waals surface area (Å²) in [7, 11) is 0. The molecule has 0 bridgehead atoms. The summed E-state index contributed by atoms with van der Waals surface area (Å²) < 4.78 is 0. The molecule has 29 heavy (non-hydrogen) atoms. The molecule has 0 aromatic heterocycles. The number of aliphatic hydroxyl groups is 1. The molecule has 2 aromatic rings. The summed E-state index contributed by atoms with van der Waals surface area (Å²) >= 11 is 0. The third-order valence-corrected chi connectivity index (χ3v) is 6.64. The zero-order chi connectivity index (χ0) is 20.5. The van der Waals surface area contributed by atoms with E-state index in [-0.39, 0.29) is 6.10 Å². The van der Waals surface area contributed by atoms with E-state index in [1.165, 1.54) is 99.2 Å². The average Bonchev–Trinajstić information content (AvgIpc) is 2.76. The van der Waals surface area contributed by atoms with Crippen molar-refractivity contribution in [3.63, 3.8) is 0 Å². The van der Waals surface area contributed by atoms with Gasteiger partial charge < -0.3 is 10.0 Å². The zero-order valence-corrected chi connectivity index (χ0v) is 18.8. The summed E-state index contributed by atoms with van der Waals surface area (Å²) in [4.78, 5) is 2.59. The van der Waals surface area contributed by atoms with Gasteiger partial charge in [-0.1, -0.05) is 69.9 Å². The molecule has 2 heteroatoms. The SMILES string of the molecule is CCCCCN(CCCCC)CCC(O)c1cc2c(c3ccccc13)CCCC2. The zero-order valence-electron chi connectivity index (χ0n) is 18.8. The Bertz CT molecular complexity index is 744. The maximum absolute atomic E-state index is 11.2. The number of aryl methyl sites for hydroxylation is 2. The minimum Gasteiger partial charge on any atom is -0.388 e. The fourth-order valence-electron chi connectivity index (χ4n) is 4.90. The van der Waals surface area contributed by atoms with Crippen LogP contribution in [0.25, 0.3) is 10.8 Å². The van der Waals surface area contributed by atoms with Crippen LogP contribution in [-0.4, -0.2) is 29.6 Å². The summed E-state index contributed by atoms with van der Waals surface area (Å²) in [5, 5.41) is 13.8. The Kier molecular flexibility index (Phi) is 9.01. The van der Waals surface area contributed by atoms with E-state index in [1.807, 2.05) is 0 Å². The minimum atomic E-state index is -0.369. The van der Waals surface area contributed by atoms with Gasteiger partial charge >= 0.3 is 0 Å². The Balaban J connectivity index is 1.71. The van der Waals surface area contributed by atoms with E-state index in [9.17, 15) is 5.11 Å². The number of hydrogen-bond donors (Lipinski definition) is 1. The molecule has 0 spiro atoms. The third kappa shape index (κ3) is 6.06. The highest BCUT2D eigenvalue weighted by Gasteiger charge is 2.19. The van der Waals surface area contributed by atoms with E-state index in [1.54, 1.807) is 0 Å². The molecule has 160 valence electrons. The first kappa shape index (κ1) is 22.3. The maximum atomic E-state index is 11.2. The second kappa shape index (κ2) is 11.7. The normalized spacial score (nSPS) is 15.0. The van der Waals surface area contributed by atoms with Crippen molar-refractivity contribution in [2.45, 2.75) is 90.6 Å². The number of hydrogen-bond acceptors (Lipinski definition) is 2. The van der Waals surface area contributed by atoms with Crippen molar-refractivity contribution in [3.05, 3.63) is 47.0 Å². The van der Waals surface area contributed by atoms with Crippen LogP contribution in [0.4, 0.5) is 0 Å². The largest absolute Gasteiger partial charge is 0.388 e. The summed E-state index contributed by atoms with van der Waals surface area (Å²) in [5.74, 6) is 0. The molecule has 3 rings (SSSR count). The topological polar surface area (TPSA) is 23.5 Å². The van der Waals surface area contributed by atoms with Crippen molar-refractivity contribution >= 4 is 10.8 Å². The quantitative estimate of drug-likeness (QED) is 0.398. The molecule has 0 fully saturated rings. The van der Waals surface area contributed by atoms with Crippen molar-refractivity contribution in [1.29, 1.82) is 0 Å². The number of aliphatic hydroxyl groups excluding tert-OH is 1. The van der Waals surface area contributed by atoms with Crippen molar-refractivity contribution in [1.82, 2.24) is 4.90 Å². The number of unbranched alkanes of at least 4 members (excludes halogenated alkanes) is 4. The molecular weight excluding hydrogens is 354 g/mol. The Labute approximate surface area is 178 Å². The average molecular weight is 396 g/mol. The van der Waals surface area contributed by atoms with E-state index in [0.717, 1.165) is 18.5 Å². The van der Waals surface area contributed by atoms with Crippen LogP contribution >= 0.6 is 0 Å². The molecule has 1 atom stereocenters. The molecule has 0 amide bonds. The van der Waals surface area contributed by atoms with Gasteiger partial charge in [-0.3, -0.25) is 0 Å². The second-order valence-electron chi connectivity index (χ2n) is 8.92. The summed E-state index contributed by atoms with van der Waals surface area (Å²) in [6, 6.07) is 11.1. The first-order chi connectivity index (χ1) is 14.2. The number of nitrogens with zero attached hydrogens (tertiary/aromatic N) is 1. The lowest BCUT2D eigenvalue weighted by molar-refractivity contribution is 0.141. The maximum Gasteiger partial charge on any atom is 0.0808 e. The summed E-state index contributed by atoms with van der Waals surface area (Å²) in [6.07, 6.45) is 13.1. The number of rotatable bonds is 12. The van der Waals surface area contributed by atoms with Crippen LogP contribution < -0.4 is 0 Å². The molecule has 0 radical (unpaired) electrons. The summed E-state index contributed by atoms with van der Waals surface area (Å²) in [5.41, 5.74) is 4.17. The lowest BCUT2D eigenvalue weighted by Gasteiger charge is -2.26. The van der Waals surface area contributed by atoms with Crippen molar-refractivity contribution < 1.29 is 5.11 Å². The fraction of sp³-hybridized carbons (Fsp3) is 0.630. The van der Waals surface area contributed by atoms with E-state index < -0.39 is 0 Å². The second-order valence-corrected chi connectivity index (χ2v) is 8.92. The highest BCUT2D eigenvalue weighted by molar-refractivity contribution is 5.90. The summed E-state index contributed by atoms with van der Waals surface area (Å²) in [6.45, 7) is 7.89. The molecule has 0 saturated carbocycles. The van der Waals surface area contributed by atoms with Gasteiger partial charge in [0.25, 0.3) is 0 Å². The van der Waals surface area contributed by atoms with Crippen molar-refractivity contribution in [2.75, 3.05) is 19.6 Å². The van der Waals surface area contributed by atoms with Crippen LogP contribution in [0.5, 0.6) is 0 Å². The van der Waals surface area contributed by atoms with Crippen LogP contribution in [0.3, 0.4) is 0 Å². The Hall–Kier alpha value is -1.38. The van der Waals surface area contributed by atoms with E-state index in [2.05, 4.69) is 49.1 Å². The molecular formula is C27H41NO. The van der Waals surface area contributed by atoms with Gasteiger partial charge in [-0.2, -0.15) is 0 Å². The van der Waals surface area contributed by atoms with E-state index >= 15 is 0 Å². The Morgan fingerprint density at radius 2 is 1.52 bits per heavy atom. The lowest BCUT2D eigenvalue weighted by atomic mass is 9.84. The highest BCUT2D eigenvalue weighted by atomic mass is 16.3.